The second-order valence-corrected chi connectivity index (χ2v) is 4.42. The Hall–Kier alpha value is -2.29. The number of aryl methyl sites for hydroxylation is 1. The summed E-state index contributed by atoms with van der Waals surface area (Å²) in [5, 5.41) is 4.27. The first-order valence-electron chi connectivity index (χ1n) is 6.20. The normalized spacial score (nSPS) is 12.3. The van der Waals surface area contributed by atoms with Crippen LogP contribution in [-0.4, -0.2) is 25.9 Å². The van der Waals surface area contributed by atoms with Crippen LogP contribution in [-0.2, 0) is 7.05 Å². The monoisotopic (exact) mass is 259 g/mol. The van der Waals surface area contributed by atoms with Gasteiger partial charge in [-0.2, -0.15) is 5.10 Å². The molecule has 0 aliphatic carbocycles. The van der Waals surface area contributed by atoms with E-state index in [-0.39, 0.29) is 17.7 Å². The Labute approximate surface area is 112 Å². The number of nitrogens with zero attached hydrogens (tertiary/aromatic N) is 4. The molecule has 1 atom stereocenters. The lowest BCUT2D eigenvalue weighted by Crippen LogP contribution is -2.13. The molecule has 0 spiro atoms. The molecule has 19 heavy (non-hydrogen) atoms. The number of nitrogens with two attached hydrogens (primary N) is 1. The number of terminal acetylenes is 1. The average molecular weight is 259 g/mol. The second-order valence-electron chi connectivity index (χ2n) is 4.42. The van der Waals surface area contributed by atoms with Crippen LogP contribution >= 0.6 is 0 Å². The Morgan fingerprint density at radius 2 is 2.16 bits per heavy atom. The van der Waals surface area contributed by atoms with Gasteiger partial charge < -0.3 is 10.5 Å². The third-order valence-electron chi connectivity index (χ3n) is 2.79. The number of rotatable bonds is 4. The molecular formula is C13H17N5O. The van der Waals surface area contributed by atoms with Gasteiger partial charge in [-0.15, -0.1) is 6.42 Å². The van der Waals surface area contributed by atoms with Gasteiger partial charge in [0.1, 0.15) is 0 Å². The van der Waals surface area contributed by atoms with E-state index >= 15 is 0 Å². The third kappa shape index (κ3) is 2.45. The number of aromatic nitrogens is 4. The molecule has 2 rings (SSSR count). The lowest BCUT2D eigenvalue weighted by molar-refractivity contribution is 0.194. The van der Waals surface area contributed by atoms with E-state index in [0.717, 1.165) is 12.8 Å². The van der Waals surface area contributed by atoms with Crippen molar-refractivity contribution in [2.45, 2.75) is 32.8 Å². The number of fused-ring (bicyclic) bond motifs is 1. The van der Waals surface area contributed by atoms with Gasteiger partial charge in [-0.05, 0) is 19.3 Å². The summed E-state index contributed by atoms with van der Waals surface area (Å²) < 4.78 is 7.49. The predicted octanol–water partition coefficient (Wildman–Crippen LogP) is 1.49. The van der Waals surface area contributed by atoms with Gasteiger partial charge in [0.25, 0.3) is 0 Å². The molecule has 0 amide bonds. The lowest BCUT2D eigenvalue weighted by Gasteiger charge is -2.13. The van der Waals surface area contributed by atoms with E-state index in [0.29, 0.717) is 16.9 Å². The molecule has 0 saturated heterocycles. The Balaban J connectivity index is 2.51. The molecule has 0 fully saturated rings. The maximum atomic E-state index is 5.88. The summed E-state index contributed by atoms with van der Waals surface area (Å²) in [5.41, 5.74) is 6.90. The van der Waals surface area contributed by atoms with Crippen LogP contribution in [0.1, 0.15) is 32.5 Å². The van der Waals surface area contributed by atoms with Gasteiger partial charge in [-0.25, -0.2) is 14.6 Å². The van der Waals surface area contributed by atoms with Crippen molar-refractivity contribution in [3.63, 3.8) is 0 Å². The zero-order valence-corrected chi connectivity index (χ0v) is 11.3. The van der Waals surface area contributed by atoms with E-state index in [2.05, 4.69) is 27.9 Å². The van der Waals surface area contributed by atoms with Crippen molar-refractivity contribution in [2.75, 3.05) is 5.73 Å². The highest BCUT2D eigenvalue weighted by molar-refractivity contribution is 5.88. The van der Waals surface area contributed by atoms with Gasteiger partial charge in [-0.3, -0.25) is 0 Å². The molecule has 0 saturated carbocycles. The van der Waals surface area contributed by atoms with Gasteiger partial charge in [0.05, 0.1) is 6.10 Å². The summed E-state index contributed by atoms with van der Waals surface area (Å²) in [6.45, 7) is 4.12. The smallest absolute Gasteiger partial charge is 0.239 e. The number of hydrogen-bond acceptors (Lipinski definition) is 5. The molecule has 0 aliphatic rings. The van der Waals surface area contributed by atoms with E-state index in [1.165, 1.54) is 0 Å². The molecule has 100 valence electrons. The lowest BCUT2D eigenvalue weighted by atomic mass is 10.2. The van der Waals surface area contributed by atoms with Crippen molar-refractivity contribution in [1.82, 2.24) is 19.7 Å². The molecule has 2 heterocycles. The van der Waals surface area contributed by atoms with Crippen molar-refractivity contribution < 1.29 is 4.74 Å². The fourth-order valence-electron chi connectivity index (χ4n) is 1.92. The standard InChI is InChI=1S/C13H17N5O/c1-5-7-8(3)19-13-11-10(17-18(13)4)12(14)16-9(6-2)15-11/h2,8H,5,7H2,1,3-4H3,(H2,14,15,16). The minimum Gasteiger partial charge on any atom is -0.473 e. The topological polar surface area (TPSA) is 78.8 Å². The molecule has 2 aromatic heterocycles. The van der Waals surface area contributed by atoms with Crippen molar-refractivity contribution in [1.29, 1.82) is 0 Å². The van der Waals surface area contributed by atoms with Gasteiger partial charge in [-0.1, -0.05) is 13.3 Å². The summed E-state index contributed by atoms with van der Waals surface area (Å²) >= 11 is 0. The van der Waals surface area contributed by atoms with Gasteiger partial charge in [0.15, 0.2) is 16.9 Å². The SMILES string of the molecule is C#Cc1nc(N)c2nn(C)c(OC(C)CCC)c2n1. The predicted molar refractivity (Wildman–Crippen MR) is 73.6 cm³/mol. The third-order valence-corrected chi connectivity index (χ3v) is 2.79. The quantitative estimate of drug-likeness (QED) is 0.842. The van der Waals surface area contributed by atoms with Crippen LogP contribution in [0.4, 0.5) is 5.82 Å². The first-order valence-corrected chi connectivity index (χ1v) is 6.20. The van der Waals surface area contributed by atoms with Gasteiger partial charge in [0, 0.05) is 7.05 Å². The molecule has 0 bridgehead atoms. The van der Waals surface area contributed by atoms with Crippen LogP contribution in [0, 0.1) is 12.3 Å². The van der Waals surface area contributed by atoms with Crippen molar-refractivity contribution in [3.8, 4) is 18.2 Å². The Kier molecular flexibility index (Phi) is 3.56. The molecule has 2 N–H and O–H groups in total. The fraction of sp³-hybridized carbons (Fsp3) is 0.462. The fourth-order valence-corrected chi connectivity index (χ4v) is 1.92. The molecule has 6 nitrogen and oxygen atoms in total. The van der Waals surface area contributed by atoms with E-state index in [1.807, 2.05) is 6.92 Å². The van der Waals surface area contributed by atoms with Crippen LogP contribution < -0.4 is 10.5 Å². The van der Waals surface area contributed by atoms with Crippen LogP contribution in [0.15, 0.2) is 0 Å². The summed E-state index contributed by atoms with van der Waals surface area (Å²) in [7, 11) is 1.78. The minimum absolute atomic E-state index is 0.0778. The van der Waals surface area contributed by atoms with Gasteiger partial charge >= 0.3 is 0 Å². The highest BCUT2D eigenvalue weighted by atomic mass is 16.5. The van der Waals surface area contributed by atoms with Crippen LogP contribution in [0.25, 0.3) is 11.0 Å². The zero-order valence-electron chi connectivity index (χ0n) is 11.3. The van der Waals surface area contributed by atoms with E-state index in [4.69, 9.17) is 16.9 Å². The highest BCUT2D eigenvalue weighted by Crippen LogP contribution is 2.27. The summed E-state index contributed by atoms with van der Waals surface area (Å²) in [4.78, 5) is 8.24. The number of ether oxygens (including phenoxy) is 1. The number of hydrogen-bond donors (Lipinski definition) is 1. The second kappa shape index (κ2) is 5.14. The van der Waals surface area contributed by atoms with Crippen LogP contribution in [0.2, 0.25) is 0 Å². The maximum absolute atomic E-state index is 5.88. The number of nitrogen functional groups attached to an aromatic ring is 1. The van der Waals surface area contributed by atoms with Crippen molar-refractivity contribution in [3.05, 3.63) is 5.82 Å². The summed E-state index contributed by atoms with van der Waals surface area (Å²) in [5.74, 6) is 3.46. The van der Waals surface area contributed by atoms with Crippen molar-refractivity contribution >= 4 is 16.9 Å². The largest absolute Gasteiger partial charge is 0.473 e. The highest BCUT2D eigenvalue weighted by Gasteiger charge is 2.18. The number of anilines is 1. The Morgan fingerprint density at radius 3 is 2.79 bits per heavy atom. The molecule has 0 aliphatic heterocycles. The van der Waals surface area contributed by atoms with Crippen LogP contribution in [0.5, 0.6) is 5.88 Å². The van der Waals surface area contributed by atoms with E-state index in [9.17, 15) is 0 Å². The van der Waals surface area contributed by atoms with E-state index in [1.54, 1.807) is 11.7 Å². The Bertz CT molecular complexity index is 641. The van der Waals surface area contributed by atoms with Crippen molar-refractivity contribution in [2.24, 2.45) is 7.05 Å². The molecule has 1 unspecified atom stereocenters. The first kappa shape index (κ1) is 13.1. The maximum Gasteiger partial charge on any atom is 0.239 e. The average Bonchev–Trinajstić information content (AvgIpc) is 2.67. The zero-order chi connectivity index (χ0) is 14.0. The molecule has 0 aromatic carbocycles. The molecule has 2 aromatic rings. The van der Waals surface area contributed by atoms with E-state index < -0.39 is 0 Å². The summed E-state index contributed by atoms with van der Waals surface area (Å²) in [6.07, 6.45) is 7.39. The Morgan fingerprint density at radius 1 is 1.42 bits per heavy atom. The molecular weight excluding hydrogens is 242 g/mol. The molecule has 0 radical (unpaired) electrons. The van der Waals surface area contributed by atoms with Gasteiger partial charge in [0.2, 0.25) is 11.7 Å². The minimum atomic E-state index is 0.0778. The first-order chi connectivity index (χ1) is 9.06. The van der Waals surface area contributed by atoms with Crippen LogP contribution in [0.3, 0.4) is 0 Å². The molecule has 6 heteroatoms. The summed E-state index contributed by atoms with van der Waals surface area (Å²) in [6, 6.07) is 0.